The monoisotopic (exact) mass is 344 g/mol. The van der Waals surface area contributed by atoms with E-state index in [9.17, 15) is 0 Å². The molecule has 0 amide bonds. The van der Waals surface area contributed by atoms with Crippen molar-refractivity contribution < 1.29 is 0 Å². The number of thiophene rings is 1. The van der Waals surface area contributed by atoms with E-state index in [4.69, 9.17) is 0 Å². The van der Waals surface area contributed by atoms with Crippen LogP contribution < -0.4 is 5.32 Å². The van der Waals surface area contributed by atoms with Crippen LogP contribution in [0.1, 0.15) is 56.4 Å². The van der Waals surface area contributed by atoms with Crippen LogP contribution in [0.4, 0.5) is 5.82 Å². The fourth-order valence-corrected chi connectivity index (χ4v) is 5.78. The molecule has 2 aliphatic rings. The van der Waals surface area contributed by atoms with Crippen LogP contribution in [-0.2, 0) is 11.8 Å². The van der Waals surface area contributed by atoms with Gasteiger partial charge < -0.3 is 10.2 Å². The highest BCUT2D eigenvalue weighted by Gasteiger charge is 2.35. The number of fused-ring (bicyclic) bond motifs is 3. The average Bonchev–Trinajstić information content (AvgIpc) is 3.06. The lowest BCUT2D eigenvalue weighted by molar-refractivity contribution is 0.221. The molecular weight excluding hydrogens is 316 g/mol. The number of rotatable bonds is 3. The lowest BCUT2D eigenvalue weighted by Crippen LogP contribution is -2.36. The summed E-state index contributed by atoms with van der Waals surface area (Å²) in [4.78, 5) is 14.3. The number of aromatic nitrogens is 2. The molecule has 0 spiro atoms. The first-order valence-electron chi connectivity index (χ1n) is 9.15. The van der Waals surface area contributed by atoms with Crippen molar-refractivity contribution in [2.75, 3.05) is 19.4 Å². The van der Waals surface area contributed by atoms with Gasteiger partial charge >= 0.3 is 0 Å². The number of nitrogens with one attached hydrogen (secondary N) is 1. The molecule has 1 N–H and O–H groups in total. The van der Waals surface area contributed by atoms with Gasteiger partial charge in [0.2, 0.25) is 0 Å². The summed E-state index contributed by atoms with van der Waals surface area (Å²) >= 11 is 1.87. The summed E-state index contributed by atoms with van der Waals surface area (Å²) in [5.41, 5.74) is 1.75. The molecule has 2 aliphatic carbocycles. The predicted octanol–water partition coefficient (Wildman–Crippen LogP) is 4.20. The molecule has 4 rings (SSSR count). The largest absolute Gasteiger partial charge is 0.367 e. The Hall–Kier alpha value is -1.20. The number of hydrogen-bond acceptors (Lipinski definition) is 5. The molecule has 4 nitrogen and oxygen atoms in total. The van der Waals surface area contributed by atoms with Crippen molar-refractivity contribution in [3.63, 3.8) is 0 Å². The highest BCUT2D eigenvalue weighted by atomic mass is 32.1. The second-order valence-electron chi connectivity index (χ2n) is 8.30. The molecule has 0 radical (unpaired) electrons. The van der Waals surface area contributed by atoms with Crippen molar-refractivity contribution >= 4 is 27.4 Å². The van der Waals surface area contributed by atoms with Crippen LogP contribution in [0.25, 0.3) is 10.2 Å². The van der Waals surface area contributed by atoms with E-state index in [1.165, 1.54) is 54.4 Å². The Morgan fingerprint density at radius 2 is 1.92 bits per heavy atom. The van der Waals surface area contributed by atoms with Gasteiger partial charge in [-0.25, -0.2) is 9.97 Å². The molecule has 0 saturated heterocycles. The highest BCUT2D eigenvalue weighted by Crippen LogP contribution is 2.48. The van der Waals surface area contributed by atoms with Crippen molar-refractivity contribution in [1.82, 2.24) is 14.9 Å². The van der Waals surface area contributed by atoms with Gasteiger partial charge in [0.25, 0.3) is 0 Å². The summed E-state index contributed by atoms with van der Waals surface area (Å²) in [5, 5.41) is 5.07. The van der Waals surface area contributed by atoms with E-state index in [1.54, 1.807) is 6.33 Å². The van der Waals surface area contributed by atoms with Crippen LogP contribution >= 0.6 is 11.3 Å². The van der Waals surface area contributed by atoms with Crippen LogP contribution in [0.15, 0.2) is 6.33 Å². The lowest BCUT2D eigenvalue weighted by atomic mass is 9.86. The highest BCUT2D eigenvalue weighted by molar-refractivity contribution is 7.19. The zero-order valence-corrected chi connectivity index (χ0v) is 16.0. The first-order chi connectivity index (χ1) is 11.5. The predicted molar refractivity (Wildman–Crippen MR) is 102 cm³/mol. The van der Waals surface area contributed by atoms with E-state index in [2.05, 4.69) is 48.1 Å². The zero-order valence-electron chi connectivity index (χ0n) is 15.2. The van der Waals surface area contributed by atoms with Crippen LogP contribution in [0.3, 0.4) is 0 Å². The first kappa shape index (κ1) is 16.3. The van der Waals surface area contributed by atoms with Crippen molar-refractivity contribution in [3.8, 4) is 0 Å². The molecule has 0 aliphatic heterocycles. The van der Waals surface area contributed by atoms with E-state index in [0.717, 1.165) is 16.7 Å². The molecule has 0 unspecified atom stereocenters. The summed E-state index contributed by atoms with van der Waals surface area (Å²) in [6, 6.07) is 1.28. The van der Waals surface area contributed by atoms with Gasteiger partial charge in [0.15, 0.2) is 0 Å². The Morgan fingerprint density at radius 3 is 2.62 bits per heavy atom. The molecule has 2 heterocycles. The number of hydrogen-bond donors (Lipinski definition) is 1. The molecule has 24 heavy (non-hydrogen) atoms. The summed E-state index contributed by atoms with van der Waals surface area (Å²) in [6.07, 6.45) is 9.16. The van der Waals surface area contributed by atoms with Crippen LogP contribution in [0, 0.1) is 0 Å². The van der Waals surface area contributed by atoms with Crippen LogP contribution in [0.5, 0.6) is 0 Å². The van der Waals surface area contributed by atoms with Gasteiger partial charge in [-0.2, -0.15) is 0 Å². The van der Waals surface area contributed by atoms with Gasteiger partial charge in [0.05, 0.1) is 5.39 Å². The van der Waals surface area contributed by atoms with Gasteiger partial charge in [0, 0.05) is 17.0 Å². The Morgan fingerprint density at radius 1 is 1.17 bits per heavy atom. The first-order valence-corrected chi connectivity index (χ1v) is 9.97. The number of anilines is 1. The van der Waals surface area contributed by atoms with Gasteiger partial charge in [-0.05, 0) is 63.6 Å². The Balaban J connectivity index is 1.62. The minimum Gasteiger partial charge on any atom is -0.367 e. The molecular formula is C19H28N4S. The van der Waals surface area contributed by atoms with Crippen molar-refractivity contribution in [3.05, 3.63) is 16.8 Å². The summed E-state index contributed by atoms with van der Waals surface area (Å²) < 4.78 is 0. The van der Waals surface area contributed by atoms with Gasteiger partial charge in [0.1, 0.15) is 17.0 Å². The fourth-order valence-electron chi connectivity index (χ4n) is 4.46. The van der Waals surface area contributed by atoms with Gasteiger partial charge in [-0.15, -0.1) is 11.3 Å². The third kappa shape index (κ3) is 2.72. The maximum absolute atomic E-state index is 4.64. The number of nitrogens with zero attached hydrogens (tertiary/aromatic N) is 3. The molecule has 0 aromatic carbocycles. The van der Waals surface area contributed by atoms with Crippen LogP contribution in [0.2, 0.25) is 0 Å². The topological polar surface area (TPSA) is 41.0 Å². The summed E-state index contributed by atoms with van der Waals surface area (Å²) in [6.45, 7) is 4.73. The number of aryl methyl sites for hydroxylation is 1. The SMILES string of the molecule is CN(C)C1CCC(Nc2ncnc3sc4c(c23)C(C)(C)CC4)CC1. The smallest absolute Gasteiger partial charge is 0.138 e. The van der Waals surface area contributed by atoms with Crippen molar-refractivity contribution in [2.45, 2.75) is 69.9 Å². The average molecular weight is 345 g/mol. The molecule has 5 heteroatoms. The molecule has 1 saturated carbocycles. The summed E-state index contributed by atoms with van der Waals surface area (Å²) in [5.74, 6) is 1.07. The Bertz CT molecular complexity index is 741. The lowest BCUT2D eigenvalue weighted by Gasteiger charge is -2.33. The Labute approximate surface area is 148 Å². The van der Waals surface area contributed by atoms with Gasteiger partial charge in [-0.1, -0.05) is 13.8 Å². The standard InChI is InChI=1S/C19H28N4S/c1-19(2)10-9-14-16(19)15-17(20-11-21-18(15)24-14)22-12-5-7-13(8-6-12)23(3)4/h11-13H,5-10H2,1-4H3,(H,20,21,22). The van der Waals surface area contributed by atoms with E-state index in [1.807, 2.05) is 11.3 Å². The molecule has 130 valence electrons. The summed E-state index contributed by atoms with van der Waals surface area (Å²) in [7, 11) is 4.40. The van der Waals surface area contributed by atoms with Crippen molar-refractivity contribution in [1.29, 1.82) is 0 Å². The van der Waals surface area contributed by atoms with Crippen molar-refractivity contribution in [2.24, 2.45) is 0 Å². The van der Waals surface area contributed by atoms with Gasteiger partial charge in [-0.3, -0.25) is 0 Å². The molecule has 2 aromatic heterocycles. The fraction of sp³-hybridized carbons (Fsp3) is 0.684. The molecule has 2 aromatic rings. The minimum absolute atomic E-state index is 0.247. The second kappa shape index (κ2) is 5.95. The van der Waals surface area contributed by atoms with Crippen LogP contribution in [-0.4, -0.2) is 41.0 Å². The van der Waals surface area contributed by atoms with E-state index in [-0.39, 0.29) is 5.41 Å². The third-order valence-electron chi connectivity index (χ3n) is 5.98. The molecule has 0 bridgehead atoms. The quantitative estimate of drug-likeness (QED) is 0.906. The molecule has 1 fully saturated rings. The Kier molecular flexibility index (Phi) is 4.04. The minimum atomic E-state index is 0.247. The zero-order chi connectivity index (χ0) is 16.9. The van der Waals surface area contributed by atoms with E-state index < -0.39 is 0 Å². The van der Waals surface area contributed by atoms with E-state index in [0.29, 0.717) is 6.04 Å². The molecule has 0 atom stereocenters. The maximum Gasteiger partial charge on any atom is 0.138 e. The second-order valence-corrected chi connectivity index (χ2v) is 9.38. The van der Waals surface area contributed by atoms with E-state index >= 15 is 0 Å². The third-order valence-corrected chi connectivity index (χ3v) is 7.14. The maximum atomic E-state index is 4.64. The normalized spacial score (nSPS) is 26.0.